The molecule has 5 rings (SSSR count). The molecule has 0 aromatic heterocycles. The summed E-state index contributed by atoms with van der Waals surface area (Å²) in [7, 11) is 0. The number of carboxylic acid groups (broad SMARTS) is 2. The average molecular weight is 617 g/mol. The lowest BCUT2D eigenvalue weighted by atomic mass is 9.57. The molecule has 0 bridgehead atoms. The third-order valence-corrected chi connectivity index (χ3v) is 9.19. The predicted molar refractivity (Wildman–Crippen MR) is 140 cm³/mol. The Labute approximate surface area is 237 Å². The number of aromatic hydroxyl groups is 1. The van der Waals surface area contributed by atoms with Crippen LogP contribution in [-0.4, -0.2) is 73.8 Å². The van der Waals surface area contributed by atoms with Crippen molar-refractivity contribution >= 4 is 51.5 Å². The molecule has 0 radical (unpaired) electrons. The first-order valence-corrected chi connectivity index (χ1v) is 14.1. The van der Waals surface area contributed by atoms with Crippen LogP contribution in [0.4, 0.5) is 0 Å². The molecule has 2 heterocycles. The summed E-state index contributed by atoms with van der Waals surface area (Å²) in [4.78, 5) is 78.4. The van der Waals surface area contributed by atoms with Crippen molar-refractivity contribution in [3.8, 4) is 5.75 Å². The van der Waals surface area contributed by atoms with Gasteiger partial charge in [0.05, 0.1) is 23.7 Å². The fourth-order valence-corrected chi connectivity index (χ4v) is 7.44. The summed E-state index contributed by atoms with van der Waals surface area (Å²) in [5, 5.41) is 28.9. The monoisotopic (exact) mass is 616 g/mol. The lowest BCUT2D eigenvalue weighted by Gasteiger charge is -2.44. The highest BCUT2D eigenvalue weighted by Crippen LogP contribution is 2.59. The van der Waals surface area contributed by atoms with Crippen LogP contribution in [0.15, 0.2) is 34.3 Å². The second-order valence-corrected chi connectivity index (χ2v) is 11.8. The normalized spacial score (nSPS) is 29.3. The van der Waals surface area contributed by atoms with Crippen LogP contribution in [0.1, 0.15) is 50.0 Å². The number of benzene rings is 1. The molecule has 3 fully saturated rings. The van der Waals surface area contributed by atoms with Crippen molar-refractivity contribution in [2.75, 3.05) is 13.1 Å². The van der Waals surface area contributed by atoms with Crippen LogP contribution in [0.5, 0.6) is 5.75 Å². The van der Waals surface area contributed by atoms with Crippen LogP contribution in [0, 0.1) is 29.6 Å². The van der Waals surface area contributed by atoms with E-state index in [9.17, 15) is 33.9 Å². The number of halogens is 1. The smallest absolute Gasteiger partial charge is 0.303 e. The fraction of sp³-hybridized carbons (Fsp3) is 0.500. The minimum Gasteiger partial charge on any atom is -0.508 e. The number of carboxylic acids is 2. The van der Waals surface area contributed by atoms with Gasteiger partial charge in [-0.3, -0.25) is 38.6 Å². The summed E-state index contributed by atoms with van der Waals surface area (Å²) >= 11 is 3.42. The summed E-state index contributed by atoms with van der Waals surface area (Å²) in [5.74, 6) is -8.02. The molecular weight excluding hydrogens is 588 g/mol. The van der Waals surface area contributed by atoms with Crippen LogP contribution in [0.3, 0.4) is 0 Å². The van der Waals surface area contributed by atoms with E-state index >= 15 is 0 Å². The standard InChI is InChI=1S/C28H29BrN2O9/c29-13-5-8-19(32)17(11-13)22-14-6-7-15-23(27(39)30(25(15)37)9-1-3-20(33)34)16(14)12-18-24(22)28(40)31(26(18)38)10-2-4-21(35)36/h5-6,8,11,15-16,18,22-24,32H,1-4,7,9-10,12H2,(H,33,34)(H,35,36)/t15-,16+,18+,22+,23-,24+/m0/s1. The molecule has 11 nitrogen and oxygen atoms in total. The van der Waals surface area contributed by atoms with E-state index in [1.807, 2.05) is 6.08 Å². The van der Waals surface area contributed by atoms with Crippen LogP contribution >= 0.6 is 15.9 Å². The number of hydrogen-bond donors (Lipinski definition) is 3. The molecule has 6 atom stereocenters. The highest BCUT2D eigenvalue weighted by molar-refractivity contribution is 9.10. The van der Waals surface area contributed by atoms with Crippen LogP contribution in [0.25, 0.3) is 0 Å². The van der Waals surface area contributed by atoms with Crippen LogP contribution in [-0.2, 0) is 28.8 Å². The maximum absolute atomic E-state index is 13.7. The van der Waals surface area contributed by atoms with Crippen LogP contribution in [0.2, 0.25) is 0 Å². The Morgan fingerprint density at radius 3 is 2.00 bits per heavy atom. The summed E-state index contributed by atoms with van der Waals surface area (Å²) in [5.41, 5.74) is 1.17. The molecule has 1 saturated carbocycles. The quantitative estimate of drug-likeness (QED) is 0.278. The SMILES string of the molecule is O=C(O)CCCN1C(=O)[C@H]2[C@H](CC=C3[C@H]2C[C@H]2C(=O)N(CCCC(=O)O)C(=O)[C@H]2[C@H]3c2cc(Br)ccc2O)C1=O. The largest absolute Gasteiger partial charge is 0.508 e. The first kappa shape index (κ1) is 28.0. The lowest BCUT2D eigenvalue weighted by molar-refractivity contribution is -0.143. The third kappa shape index (κ3) is 4.71. The number of rotatable bonds is 9. The van der Waals surface area contributed by atoms with Gasteiger partial charge < -0.3 is 15.3 Å². The van der Waals surface area contributed by atoms with Crippen molar-refractivity contribution in [3.05, 3.63) is 39.9 Å². The van der Waals surface area contributed by atoms with Gasteiger partial charge in [0.2, 0.25) is 23.6 Å². The Balaban J connectivity index is 1.52. The lowest BCUT2D eigenvalue weighted by Crippen LogP contribution is -2.43. The molecule has 4 aliphatic rings. The maximum atomic E-state index is 13.7. The Morgan fingerprint density at radius 2 is 1.40 bits per heavy atom. The Hall–Kier alpha value is -3.54. The summed E-state index contributed by atoms with van der Waals surface area (Å²) in [6, 6.07) is 4.83. The number of phenols is 1. The number of carbonyl (C=O) groups is 6. The minimum absolute atomic E-state index is 0.00427. The topological polar surface area (TPSA) is 170 Å². The molecule has 1 aromatic carbocycles. The van der Waals surface area contributed by atoms with Crippen molar-refractivity contribution in [2.24, 2.45) is 29.6 Å². The number of carbonyl (C=O) groups excluding carboxylic acids is 4. The Bertz CT molecular complexity index is 1340. The van der Waals surface area contributed by atoms with Gasteiger partial charge in [-0.2, -0.15) is 0 Å². The van der Waals surface area contributed by atoms with Crippen LogP contribution < -0.4 is 0 Å². The van der Waals surface area contributed by atoms with Gasteiger partial charge in [-0.25, -0.2) is 0 Å². The van der Waals surface area contributed by atoms with E-state index in [2.05, 4.69) is 15.9 Å². The van der Waals surface area contributed by atoms with Gasteiger partial charge in [-0.15, -0.1) is 0 Å². The molecule has 12 heteroatoms. The molecule has 1 aromatic rings. The number of allylic oxidation sites excluding steroid dienone is 2. The number of amides is 4. The van der Waals surface area contributed by atoms with E-state index in [4.69, 9.17) is 10.2 Å². The van der Waals surface area contributed by atoms with Crippen molar-refractivity contribution in [1.29, 1.82) is 0 Å². The van der Waals surface area contributed by atoms with Crippen molar-refractivity contribution in [2.45, 2.75) is 44.4 Å². The molecular formula is C28H29BrN2O9. The highest BCUT2D eigenvalue weighted by atomic mass is 79.9. The second kappa shape index (κ2) is 10.8. The summed E-state index contributed by atoms with van der Waals surface area (Å²) < 4.78 is 0.653. The number of fused-ring (bicyclic) bond motifs is 4. The van der Waals surface area contributed by atoms with Gasteiger partial charge in [-0.05, 0) is 49.8 Å². The number of phenolic OH excluding ortho intramolecular Hbond substituents is 1. The first-order chi connectivity index (χ1) is 19.0. The van der Waals surface area contributed by atoms with E-state index in [1.54, 1.807) is 12.1 Å². The predicted octanol–water partition coefficient (Wildman–Crippen LogP) is 2.52. The molecule has 2 aliphatic heterocycles. The zero-order valence-electron chi connectivity index (χ0n) is 21.5. The fourth-order valence-electron chi connectivity index (χ4n) is 7.06. The molecule has 212 valence electrons. The molecule has 40 heavy (non-hydrogen) atoms. The number of hydrogen-bond acceptors (Lipinski definition) is 7. The van der Waals surface area contributed by atoms with Crippen molar-refractivity contribution < 1.29 is 44.1 Å². The molecule has 2 saturated heterocycles. The van der Waals surface area contributed by atoms with Crippen molar-refractivity contribution in [1.82, 2.24) is 9.80 Å². The zero-order chi connectivity index (χ0) is 28.9. The van der Waals surface area contributed by atoms with E-state index in [-0.39, 0.29) is 63.3 Å². The number of nitrogens with zero attached hydrogens (tertiary/aromatic N) is 2. The van der Waals surface area contributed by atoms with Gasteiger partial charge in [0.25, 0.3) is 0 Å². The molecule has 2 aliphatic carbocycles. The third-order valence-electron chi connectivity index (χ3n) is 8.70. The van der Waals surface area contributed by atoms with E-state index in [0.29, 0.717) is 10.0 Å². The van der Waals surface area contributed by atoms with Gasteiger partial charge >= 0.3 is 11.9 Å². The van der Waals surface area contributed by atoms with Gasteiger partial charge in [-0.1, -0.05) is 27.6 Å². The van der Waals surface area contributed by atoms with E-state index < -0.39 is 65.2 Å². The highest BCUT2D eigenvalue weighted by Gasteiger charge is 2.62. The molecule has 3 N–H and O–H groups in total. The Morgan fingerprint density at radius 1 is 0.825 bits per heavy atom. The molecule has 4 amide bonds. The zero-order valence-corrected chi connectivity index (χ0v) is 23.1. The van der Waals surface area contributed by atoms with E-state index in [1.165, 1.54) is 6.07 Å². The molecule has 0 unspecified atom stereocenters. The summed E-state index contributed by atoms with van der Waals surface area (Å²) in [6.07, 6.45) is 2.15. The van der Waals surface area contributed by atoms with Gasteiger partial charge in [0, 0.05) is 41.9 Å². The number of likely N-dealkylation sites (tertiary alicyclic amines) is 2. The second-order valence-electron chi connectivity index (χ2n) is 10.9. The average Bonchev–Trinajstić information content (AvgIpc) is 3.28. The molecule has 0 spiro atoms. The minimum atomic E-state index is -1.03. The number of imide groups is 2. The van der Waals surface area contributed by atoms with Crippen molar-refractivity contribution in [3.63, 3.8) is 0 Å². The number of aliphatic carboxylic acids is 2. The first-order valence-electron chi connectivity index (χ1n) is 13.3. The Kier molecular flexibility index (Phi) is 7.56. The maximum Gasteiger partial charge on any atom is 0.303 e. The van der Waals surface area contributed by atoms with Gasteiger partial charge in [0.1, 0.15) is 5.75 Å². The van der Waals surface area contributed by atoms with Gasteiger partial charge in [0.15, 0.2) is 0 Å². The summed E-state index contributed by atoms with van der Waals surface area (Å²) in [6.45, 7) is -0.0472. The van der Waals surface area contributed by atoms with E-state index in [0.717, 1.165) is 15.4 Å².